The van der Waals surface area contributed by atoms with Crippen molar-refractivity contribution >= 4 is 5.97 Å². The molecule has 2 rings (SSSR count). The van der Waals surface area contributed by atoms with Crippen LogP contribution in [-0.2, 0) is 0 Å². The standard InChI is InChI=1S/C14H20N2O4/c17-10-9-15-5-7-16(8-6-15)11-20-13-4-2-1-3-12(13)14(18)19/h1-4,17H,5-11H2,(H,18,19). The number of nitrogens with zero attached hydrogens (tertiary/aromatic N) is 2. The third-order valence-corrected chi connectivity index (χ3v) is 3.40. The molecule has 1 fully saturated rings. The van der Waals surface area contributed by atoms with Crippen LogP contribution in [0.1, 0.15) is 10.4 Å². The second kappa shape index (κ2) is 7.23. The van der Waals surface area contributed by atoms with Crippen LogP contribution < -0.4 is 4.74 Å². The topological polar surface area (TPSA) is 73.2 Å². The van der Waals surface area contributed by atoms with Crippen LogP contribution in [0, 0.1) is 0 Å². The zero-order chi connectivity index (χ0) is 14.4. The van der Waals surface area contributed by atoms with Gasteiger partial charge in [-0.05, 0) is 12.1 Å². The lowest BCUT2D eigenvalue weighted by molar-refractivity contribution is 0.0567. The van der Waals surface area contributed by atoms with E-state index in [1.165, 1.54) is 6.07 Å². The first-order chi connectivity index (χ1) is 9.70. The third kappa shape index (κ3) is 3.93. The Balaban J connectivity index is 1.83. The van der Waals surface area contributed by atoms with Crippen molar-refractivity contribution in [2.75, 3.05) is 46.1 Å². The van der Waals surface area contributed by atoms with Crippen molar-refractivity contribution in [3.8, 4) is 5.75 Å². The average molecular weight is 280 g/mol. The van der Waals surface area contributed by atoms with Crippen molar-refractivity contribution in [3.05, 3.63) is 29.8 Å². The minimum Gasteiger partial charge on any atom is -0.478 e. The summed E-state index contributed by atoms with van der Waals surface area (Å²) in [5.41, 5.74) is 0.186. The maximum Gasteiger partial charge on any atom is 0.339 e. The van der Waals surface area contributed by atoms with E-state index in [1.807, 2.05) is 0 Å². The number of piperazine rings is 1. The van der Waals surface area contributed by atoms with E-state index in [9.17, 15) is 4.79 Å². The summed E-state index contributed by atoms with van der Waals surface area (Å²) in [6, 6.07) is 6.66. The number of benzene rings is 1. The second-order valence-corrected chi connectivity index (χ2v) is 4.76. The number of para-hydroxylation sites is 1. The number of carboxylic acid groups (broad SMARTS) is 1. The van der Waals surface area contributed by atoms with Gasteiger partial charge < -0.3 is 14.9 Å². The summed E-state index contributed by atoms with van der Waals surface area (Å²) in [5, 5.41) is 18.0. The first kappa shape index (κ1) is 14.8. The Kier molecular flexibility index (Phi) is 5.34. The fraction of sp³-hybridized carbons (Fsp3) is 0.500. The molecule has 0 aromatic heterocycles. The van der Waals surface area contributed by atoms with Crippen LogP contribution in [0.5, 0.6) is 5.75 Å². The molecule has 1 heterocycles. The van der Waals surface area contributed by atoms with Gasteiger partial charge in [0.2, 0.25) is 0 Å². The van der Waals surface area contributed by atoms with E-state index in [0.717, 1.165) is 26.2 Å². The van der Waals surface area contributed by atoms with E-state index in [-0.39, 0.29) is 12.2 Å². The first-order valence-corrected chi connectivity index (χ1v) is 6.71. The van der Waals surface area contributed by atoms with E-state index in [0.29, 0.717) is 19.0 Å². The molecule has 0 unspecified atom stereocenters. The fourth-order valence-corrected chi connectivity index (χ4v) is 2.21. The van der Waals surface area contributed by atoms with Crippen LogP contribution in [0.3, 0.4) is 0 Å². The van der Waals surface area contributed by atoms with Gasteiger partial charge in [0.25, 0.3) is 0 Å². The Morgan fingerprint density at radius 1 is 1.15 bits per heavy atom. The highest BCUT2D eigenvalue weighted by atomic mass is 16.5. The van der Waals surface area contributed by atoms with Gasteiger partial charge in [-0.3, -0.25) is 9.80 Å². The zero-order valence-electron chi connectivity index (χ0n) is 11.4. The summed E-state index contributed by atoms with van der Waals surface area (Å²) in [5.74, 6) is -0.578. The molecule has 20 heavy (non-hydrogen) atoms. The van der Waals surface area contributed by atoms with Gasteiger partial charge in [0, 0.05) is 32.7 Å². The van der Waals surface area contributed by atoms with Gasteiger partial charge in [0.05, 0.1) is 6.61 Å². The van der Waals surface area contributed by atoms with Crippen LogP contribution >= 0.6 is 0 Å². The van der Waals surface area contributed by atoms with Crippen molar-refractivity contribution < 1.29 is 19.7 Å². The molecule has 0 atom stereocenters. The summed E-state index contributed by atoms with van der Waals surface area (Å²) < 4.78 is 5.61. The molecule has 0 aliphatic carbocycles. The number of ether oxygens (including phenoxy) is 1. The van der Waals surface area contributed by atoms with Crippen molar-refractivity contribution in [2.45, 2.75) is 0 Å². The number of hydrogen-bond acceptors (Lipinski definition) is 5. The normalized spacial score (nSPS) is 17.1. The summed E-state index contributed by atoms with van der Waals surface area (Å²) in [7, 11) is 0. The predicted octanol–water partition coefficient (Wildman–Crippen LogP) is 0.331. The van der Waals surface area contributed by atoms with Crippen LogP contribution in [0.15, 0.2) is 24.3 Å². The number of β-amino-alcohol motifs (C(OH)–C–C–N with tert-alkyl or cyclic N) is 1. The molecule has 6 heteroatoms. The molecule has 0 saturated carbocycles. The molecule has 0 spiro atoms. The predicted molar refractivity (Wildman–Crippen MR) is 74.0 cm³/mol. The summed E-state index contributed by atoms with van der Waals surface area (Å²) in [6.45, 7) is 4.77. The minimum absolute atomic E-state index is 0.183. The molecule has 2 N–H and O–H groups in total. The highest BCUT2D eigenvalue weighted by molar-refractivity contribution is 5.90. The number of aliphatic hydroxyl groups excluding tert-OH is 1. The van der Waals surface area contributed by atoms with E-state index in [4.69, 9.17) is 14.9 Å². The first-order valence-electron chi connectivity index (χ1n) is 6.71. The molecule has 0 amide bonds. The van der Waals surface area contributed by atoms with Gasteiger partial charge in [0.1, 0.15) is 18.0 Å². The Labute approximate surface area is 118 Å². The number of carbonyl (C=O) groups is 1. The Morgan fingerprint density at radius 3 is 2.45 bits per heavy atom. The molecular formula is C14H20N2O4. The molecule has 1 saturated heterocycles. The van der Waals surface area contributed by atoms with Gasteiger partial charge in [-0.15, -0.1) is 0 Å². The highest BCUT2D eigenvalue weighted by Crippen LogP contribution is 2.18. The van der Waals surface area contributed by atoms with Crippen LogP contribution in [0.4, 0.5) is 0 Å². The van der Waals surface area contributed by atoms with Gasteiger partial charge in [0.15, 0.2) is 0 Å². The molecule has 1 aliphatic rings. The van der Waals surface area contributed by atoms with Crippen LogP contribution in [0.25, 0.3) is 0 Å². The monoisotopic (exact) mass is 280 g/mol. The number of carboxylic acids is 1. The molecular weight excluding hydrogens is 260 g/mol. The Hall–Kier alpha value is -1.63. The number of rotatable bonds is 6. The average Bonchev–Trinajstić information content (AvgIpc) is 2.47. The lowest BCUT2D eigenvalue weighted by Gasteiger charge is -2.34. The number of hydrogen-bond donors (Lipinski definition) is 2. The van der Waals surface area contributed by atoms with E-state index >= 15 is 0 Å². The molecule has 110 valence electrons. The summed E-state index contributed by atoms with van der Waals surface area (Å²) >= 11 is 0. The van der Waals surface area contributed by atoms with Gasteiger partial charge >= 0.3 is 5.97 Å². The third-order valence-electron chi connectivity index (χ3n) is 3.40. The number of aliphatic hydroxyl groups is 1. The van der Waals surface area contributed by atoms with E-state index < -0.39 is 5.97 Å². The van der Waals surface area contributed by atoms with Crippen molar-refractivity contribution in [1.29, 1.82) is 0 Å². The zero-order valence-corrected chi connectivity index (χ0v) is 11.4. The van der Waals surface area contributed by atoms with Gasteiger partial charge in [-0.25, -0.2) is 4.79 Å². The Bertz CT molecular complexity index is 445. The highest BCUT2D eigenvalue weighted by Gasteiger charge is 2.17. The van der Waals surface area contributed by atoms with Crippen LogP contribution in [0.2, 0.25) is 0 Å². The molecule has 1 aromatic rings. The Morgan fingerprint density at radius 2 is 1.80 bits per heavy atom. The SMILES string of the molecule is O=C(O)c1ccccc1OCN1CCN(CCO)CC1. The number of aromatic carboxylic acids is 1. The molecule has 0 radical (unpaired) electrons. The van der Waals surface area contributed by atoms with E-state index in [1.54, 1.807) is 18.2 Å². The summed E-state index contributed by atoms with van der Waals surface area (Å²) in [4.78, 5) is 15.4. The minimum atomic E-state index is -0.978. The smallest absolute Gasteiger partial charge is 0.339 e. The summed E-state index contributed by atoms with van der Waals surface area (Å²) in [6.07, 6.45) is 0. The fourth-order valence-electron chi connectivity index (χ4n) is 2.21. The lowest BCUT2D eigenvalue weighted by atomic mass is 10.2. The van der Waals surface area contributed by atoms with Gasteiger partial charge in [-0.2, -0.15) is 0 Å². The quantitative estimate of drug-likeness (QED) is 0.782. The van der Waals surface area contributed by atoms with Gasteiger partial charge in [-0.1, -0.05) is 12.1 Å². The van der Waals surface area contributed by atoms with Crippen LogP contribution in [-0.4, -0.2) is 72.0 Å². The maximum absolute atomic E-state index is 11.1. The second-order valence-electron chi connectivity index (χ2n) is 4.76. The van der Waals surface area contributed by atoms with Crippen molar-refractivity contribution in [3.63, 3.8) is 0 Å². The van der Waals surface area contributed by atoms with E-state index in [2.05, 4.69) is 9.80 Å². The largest absolute Gasteiger partial charge is 0.478 e. The molecule has 1 aliphatic heterocycles. The van der Waals surface area contributed by atoms with Crippen molar-refractivity contribution in [1.82, 2.24) is 9.80 Å². The lowest BCUT2D eigenvalue weighted by Crippen LogP contribution is -2.48. The van der Waals surface area contributed by atoms with Crippen molar-refractivity contribution in [2.24, 2.45) is 0 Å². The molecule has 1 aromatic carbocycles. The maximum atomic E-state index is 11.1. The molecule has 6 nitrogen and oxygen atoms in total. The molecule has 0 bridgehead atoms.